The summed E-state index contributed by atoms with van der Waals surface area (Å²) >= 11 is 1.58. The second-order valence-corrected chi connectivity index (χ2v) is 13.1. The number of carbonyl (C=O) groups is 3. The lowest BCUT2D eigenvalue weighted by molar-refractivity contribution is -0.155. The number of allylic oxidation sites excluding steroid dienone is 1. The van der Waals surface area contributed by atoms with Gasteiger partial charge < -0.3 is 19.6 Å². The molecular formula is C29H44N2O5S. The van der Waals surface area contributed by atoms with Gasteiger partial charge >= 0.3 is 5.97 Å². The lowest BCUT2D eigenvalue weighted by Crippen LogP contribution is -2.58. The molecule has 7 nitrogen and oxygen atoms in total. The summed E-state index contributed by atoms with van der Waals surface area (Å²) in [5, 5.41) is 10.5. The molecule has 7 atom stereocenters. The smallest absolute Gasteiger partial charge is 0.311 e. The Kier molecular flexibility index (Phi) is 8.79. The first kappa shape index (κ1) is 28.2. The van der Waals surface area contributed by atoms with Gasteiger partial charge in [-0.3, -0.25) is 14.4 Å². The van der Waals surface area contributed by atoms with E-state index in [1.54, 1.807) is 16.7 Å². The molecule has 0 aliphatic carbocycles. The molecule has 0 aromatic heterocycles. The third kappa shape index (κ3) is 4.88. The van der Waals surface area contributed by atoms with Crippen LogP contribution in [0.4, 0.5) is 0 Å². The number of thioether (sulfide) groups is 1. The van der Waals surface area contributed by atoms with Crippen LogP contribution in [-0.2, 0) is 19.1 Å². The quantitative estimate of drug-likeness (QED) is 0.289. The van der Waals surface area contributed by atoms with E-state index in [2.05, 4.69) is 19.1 Å². The maximum Gasteiger partial charge on any atom is 0.311 e. The molecule has 206 valence electrons. The summed E-state index contributed by atoms with van der Waals surface area (Å²) in [7, 11) is 0. The lowest BCUT2D eigenvalue weighted by Gasteiger charge is -2.41. The normalized spacial score (nSPS) is 36.4. The van der Waals surface area contributed by atoms with Crippen LogP contribution in [0.1, 0.15) is 72.6 Å². The molecule has 2 saturated heterocycles. The Bertz CT molecular complexity index is 937. The molecule has 1 spiro atoms. The van der Waals surface area contributed by atoms with Crippen LogP contribution in [0.5, 0.6) is 0 Å². The fourth-order valence-corrected chi connectivity index (χ4v) is 8.85. The summed E-state index contributed by atoms with van der Waals surface area (Å²) in [5.41, 5.74) is 0. The molecule has 0 radical (unpaired) electrons. The summed E-state index contributed by atoms with van der Waals surface area (Å²) in [5.74, 6) is -2.06. The highest BCUT2D eigenvalue weighted by Gasteiger charge is 2.74. The summed E-state index contributed by atoms with van der Waals surface area (Å²) in [6.45, 7) is 9.46. The lowest BCUT2D eigenvalue weighted by atomic mass is 9.74. The molecule has 4 aliphatic heterocycles. The van der Waals surface area contributed by atoms with Crippen LogP contribution in [0.3, 0.4) is 0 Å². The Labute approximate surface area is 226 Å². The Balaban J connectivity index is 1.85. The highest BCUT2D eigenvalue weighted by Crippen LogP contribution is 2.65. The summed E-state index contributed by atoms with van der Waals surface area (Å²) < 4.78 is 4.17. The molecule has 8 heteroatoms. The third-order valence-electron chi connectivity index (χ3n) is 8.90. The van der Waals surface area contributed by atoms with E-state index in [-0.39, 0.29) is 30.3 Å². The van der Waals surface area contributed by atoms with Crippen LogP contribution in [0, 0.1) is 17.8 Å². The van der Waals surface area contributed by atoms with Crippen LogP contribution in [0.15, 0.2) is 24.3 Å². The number of likely N-dealkylation sites (tertiary alicyclic amines) is 1. The van der Waals surface area contributed by atoms with Crippen molar-refractivity contribution in [2.75, 3.05) is 26.3 Å². The van der Waals surface area contributed by atoms with Gasteiger partial charge in [0.05, 0.1) is 35.8 Å². The van der Waals surface area contributed by atoms with E-state index in [0.717, 1.165) is 44.9 Å². The van der Waals surface area contributed by atoms with Crippen LogP contribution in [0.2, 0.25) is 0 Å². The number of nitrogens with zero attached hydrogens (tertiary/aromatic N) is 2. The maximum atomic E-state index is 14.5. The molecule has 1 N–H and O–H groups in total. The zero-order valence-corrected chi connectivity index (χ0v) is 23.7. The predicted molar refractivity (Wildman–Crippen MR) is 146 cm³/mol. The first-order chi connectivity index (χ1) is 17.8. The maximum absolute atomic E-state index is 14.5. The number of rotatable bonds is 8. The highest BCUT2D eigenvalue weighted by molar-refractivity contribution is 8.02. The number of aliphatic hydroxyl groups is 1. The molecule has 0 aromatic rings. The van der Waals surface area contributed by atoms with Crippen molar-refractivity contribution in [3.05, 3.63) is 24.3 Å². The van der Waals surface area contributed by atoms with Gasteiger partial charge in [-0.25, -0.2) is 0 Å². The van der Waals surface area contributed by atoms with Crippen molar-refractivity contribution in [2.24, 2.45) is 17.8 Å². The molecule has 2 fully saturated rings. The van der Waals surface area contributed by atoms with Gasteiger partial charge in [0.1, 0.15) is 6.04 Å². The van der Waals surface area contributed by atoms with E-state index in [1.807, 2.05) is 37.8 Å². The molecule has 0 aromatic carbocycles. The van der Waals surface area contributed by atoms with Crippen molar-refractivity contribution in [1.82, 2.24) is 9.80 Å². The SMILES string of the molecule is CCCCCN1CC=C[C@]23S[C@]4(C)/C=C\CCCCOC(=O)[C@@H]4[C@H]2C(=O)N([C@@H](CO)[C@@H](C)CC)C3C1=O. The Morgan fingerprint density at radius 3 is 2.59 bits per heavy atom. The van der Waals surface area contributed by atoms with Crippen molar-refractivity contribution < 1.29 is 24.2 Å². The van der Waals surface area contributed by atoms with Gasteiger partial charge in [-0.1, -0.05) is 64.3 Å². The minimum Gasteiger partial charge on any atom is -0.465 e. The number of cyclic esters (lactones) is 1. The van der Waals surface area contributed by atoms with Gasteiger partial charge in [-0.15, -0.1) is 11.8 Å². The number of esters is 1. The van der Waals surface area contributed by atoms with E-state index >= 15 is 0 Å². The van der Waals surface area contributed by atoms with E-state index in [4.69, 9.17) is 4.74 Å². The summed E-state index contributed by atoms with van der Waals surface area (Å²) in [6, 6.07) is -1.26. The average Bonchev–Trinajstić information content (AvgIpc) is 3.21. The number of fused-ring (bicyclic) bond motifs is 2. The number of unbranched alkanes of at least 4 members (excludes halogenated alkanes) is 2. The molecule has 0 bridgehead atoms. The van der Waals surface area contributed by atoms with Crippen LogP contribution < -0.4 is 0 Å². The largest absolute Gasteiger partial charge is 0.465 e. The zero-order chi connectivity index (χ0) is 26.8. The van der Waals surface area contributed by atoms with Crippen molar-refractivity contribution in [1.29, 1.82) is 0 Å². The van der Waals surface area contributed by atoms with Crippen molar-refractivity contribution in [3.8, 4) is 0 Å². The second kappa shape index (κ2) is 11.5. The van der Waals surface area contributed by atoms with Gasteiger partial charge in [0.25, 0.3) is 0 Å². The standard InChI is InChI=1S/C29H44N2O5S/c1-5-7-11-16-30-17-13-15-29-22(23-27(35)36-18-12-9-8-10-14-28(23,4)37-29)25(33)31(24(29)26(30)34)21(19-32)20(3)6-2/h10,13-15,20-24,32H,5-9,11-12,16-19H2,1-4H3/b14-10-/t20-,21-,22-,23-,24?,28+,29-/m0/s1. The number of amides is 2. The van der Waals surface area contributed by atoms with Gasteiger partial charge in [-0.05, 0) is 38.5 Å². The van der Waals surface area contributed by atoms with Gasteiger partial charge in [0.15, 0.2) is 0 Å². The first-order valence-corrected chi connectivity index (χ1v) is 15.0. The van der Waals surface area contributed by atoms with E-state index in [0.29, 0.717) is 19.7 Å². The molecule has 4 heterocycles. The minimum atomic E-state index is -0.897. The number of ether oxygens (including phenoxy) is 1. The molecule has 4 aliphatic rings. The monoisotopic (exact) mass is 532 g/mol. The highest BCUT2D eigenvalue weighted by atomic mass is 32.2. The molecule has 37 heavy (non-hydrogen) atoms. The Morgan fingerprint density at radius 1 is 1.11 bits per heavy atom. The number of carbonyl (C=O) groups excluding carboxylic acids is 3. The van der Waals surface area contributed by atoms with E-state index < -0.39 is 33.4 Å². The average molecular weight is 533 g/mol. The fraction of sp³-hybridized carbons (Fsp3) is 0.759. The van der Waals surface area contributed by atoms with Crippen LogP contribution in [-0.4, -0.2) is 80.6 Å². The van der Waals surface area contributed by atoms with Crippen molar-refractivity contribution in [2.45, 2.75) is 94.2 Å². The zero-order valence-electron chi connectivity index (χ0n) is 22.9. The van der Waals surface area contributed by atoms with E-state index in [9.17, 15) is 19.5 Å². The van der Waals surface area contributed by atoms with Gasteiger partial charge in [0, 0.05) is 17.8 Å². The van der Waals surface area contributed by atoms with E-state index in [1.165, 1.54) is 0 Å². The topological polar surface area (TPSA) is 87.2 Å². The Morgan fingerprint density at radius 2 is 1.89 bits per heavy atom. The molecular weight excluding hydrogens is 488 g/mol. The third-order valence-corrected chi connectivity index (χ3v) is 10.7. The van der Waals surface area contributed by atoms with Gasteiger partial charge in [-0.2, -0.15) is 0 Å². The molecule has 0 saturated carbocycles. The van der Waals surface area contributed by atoms with Crippen LogP contribution in [0.25, 0.3) is 0 Å². The fourth-order valence-electron chi connectivity index (χ4n) is 6.71. The number of aliphatic hydroxyl groups excluding tert-OH is 1. The summed E-state index contributed by atoms with van der Waals surface area (Å²) in [6.07, 6.45) is 14.7. The molecule has 2 amide bonds. The molecule has 1 unspecified atom stereocenters. The number of hydrogen-bond acceptors (Lipinski definition) is 6. The molecule has 4 rings (SSSR count). The predicted octanol–water partition coefficient (Wildman–Crippen LogP) is 3.95. The van der Waals surface area contributed by atoms with Crippen molar-refractivity contribution in [3.63, 3.8) is 0 Å². The van der Waals surface area contributed by atoms with Gasteiger partial charge in [0.2, 0.25) is 11.8 Å². The van der Waals surface area contributed by atoms with Crippen molar-refractivity contribution >= 4 is 29.5 Å². The minimum absolute atomic E-state index is 0.00526. The summed E-state index contributed by atoms with van der Waals surface area (Å²) in [4.78, 5) is 46.0. The van der Waals surface area contributed by atoms with Crippen LogP contribution >= 0.6 is 11.8 Å². The second-order valence-electron chi connectivity index (χ2n) is 11.3. The Hall–Kier alpha value is -1.80. The number of hydrogen-bond donors (Lipinski definition) is 1. The first-order valence-electron chi connectivity index (χ1n) is 14.2.